The van der Waals surface area contributed by atoms with Gasteiger partial charge in [0.15, 0.2) is 0 Å². The van der Waals surface area contributed by atoms with Gasteiger partial charge in [-0.3, -0.25) is 4.79 Å². The molecule has 0 aliphatic carbocycles. The van der Waals surface area contributed by atoms with Crippen molar-refractivity contribution in [2.24, 2.45) is 5.92 Å². The third-order valence-corrected chi connectivity index (χ3v) is 4.16. The Hall–Kier alpha value is -2.27. The van der Waals surface area contributed by atoms with E-state index in [9.17, 15) is 9.90 Å². The van der Waals surface area contributed by atoms with Crippen LogP contribution in [-0.4, -0.2) is 33.6 Å². The predicted molar refractivity (Wildman–Crippen MR) is 99.4 cm³/mol. The number of aromatic nitrogens is 2. The fraction of sp³-hybridized carbons (Fsp3) is 0.450. The molecule has 0 saturated carbocycles. The highest BCUT2D eigenvalue weighted by atomic mass is 16.3. The number of hydrogen-bond acceptors (Lipinski definition) is 4. The predicted octanol–water partition coefficient (Wildman–Crippen LogP) is 3.15. The molecular formula is C20H27N3O2. The van der Waals surface area contributed by atoms with E-state index in [4.69, 9.17) is 0 Å². The zero-order valence-corrected chi connectivity index (χ0v) is 15.4. The van der Waals surface area contributed by atoms with E-state index < -0.39 is 0 Å². The normalized spacial score (nSPS) is 12.2. The van der Waals surface area contributed by atoms with E-state index in [1.165, 1.54) is 0 Å². The summed E-state index contributed by atoms with van der Waals surface area (Å²) in [5, 5.41) is 12.2. The van der Waals surface area contributed by atoms with Gasteiger partial charge in [0.25, 0.3) is 5.91 Å². The van der Waals surface area contributed by atoms with Gasteiger partial charge in [-0.1, -0.05) is 39.3 Å². The number of benzene rings is 1. The molecule has 0 fully saturated rings. The van der Waals surface area contributed by atoms with E-state index in [0.29, 0.717) is 5.56 Å². The Morgan fingerprint density at radius 2 is 1.88 bits per heavy atom. The number of carbonyl (C=O) groups is 1. The van der Waals surface area contributed by atoms with Gasteiger partial charge in [0.1, 0.15) is 5.82 Å². The summed E-state index contributed by atoms with van der Waals surface area (Å²) in [7, 11) is 0. The van der Waals surface area contributed by atoms with Crippen LogP contribution < -0.4 is 5.32 Å². The van der Waals surface area contributed by atoms with Crippen LogP contribution >= 0.6 is 0 Å². The minimum Gasteiger partial charge on any atom is -0.394 e. The standard InChI is InChI=1S/C20H27N3O2/c1-5-6-17-11-18(22-14(4)21-17)15-7-9-16(10-8-15)20(25)23-19(12-24)13(2)3/h7-11,13,19,24H,5-6,12H2,1-4H3,(H,23,25)/t19-/m1/s1. The van der Waals surface area contributed by atoms with E-state index in [2.05, 4.69) is 22.2 Å². The van der Waals surface area contributed by atoms with Gasteiger partial charge in [-0.2, -0.15) is 0 Å². The van der Waals surface area contributed by atoms with Gasteiger partial charge in [0.2, 0.25) is 0 Å². The molecule has 1 amide bonds. The lowest BCUT2D eigenvalue weighted by Gasteiger charge is -2.19. The Bertz CT molecular complexity index is 711. The molecule has 0 bridgehead atoms. The highest BCUT2D eigenvalue weighted by molar-refractivity contribution is 5.94. The maximum absolute atomic E-state index is 12.3. The molecule has 0 aliphatic heterocycles. The highest BCUT2D eigenvalue weighted by Crippen LogP contribution is 2.19. The van der Waals surface area contributed by atoms with Crippen LogP contribution in [0.4, 0.5) is 0 Å². The number of carbonyl (C=O) groups excluding carboxylic acids is 1. The van der Waals surface area contributed by atoms with Crippen LogP contribution in [0.15, 0.2) is 30.3 Å². The van der Waals surface area contributed by atoms with E-state index in [0.717, 1.165) is 35.6 Å². The van der Waals surface area contributed by atoms with E-state index in [-0.39, 0.29) is 24.5 Å². The van der Waals surface area contributed by atoms with Crippen molar-refractivity contribution in [3.63, 3.8) is 0 Å². The molecule has 5 nitrogen and oxygen atoms in total. The van der Waals surface area contributed by atoms with Crippen LogP contribution in [-0.2, 0) is 6.42 Å². The van der Waals surface area contributed by atoms with Crippen molar-refractivity contribution in [3.8, 4) is 11.3 Å². The zero-order valence-electron chi connectivity index (χ0n) is 15.4. The minimum absolute atomic E-state index is 0.0676. The molecule has 5 heteroatoms. The number of aryl methyl sites for hydroxylation is 2. The van der Waals surface area contributed by atoms with Crippen molar-refractivity contribution in [2.75, 3.05) is 6.61 Å². The molecule has 0 saturated heterocycles. The number of amides is 1. The third-order valence-electron chi connectivity index (χ3n) is 4.16. The van der Waals surface area contributed by atoms with Crippen LogP contribution in [0.25, 0.3) is 11.3 Å². The van der Waals surface area contributed by atoms with E-state index in [1.54, 1.807) is 12.1 Å². The van der Waals surface area contributed by atoms with Crippen LogP contribution in [0.2, 0.25) is 0 Å². The molecule has 0 spiro atoms. The molecule has 0 unspecified atom stereocenters. The smallest absolute Gasteiger partial charge is 0.251 e. The molecule has 134 valence electrons. The van der Waals surface area contributed by atoms with Gasteiger partial charge in [-0.15, -0.1) is 0 Å². The maximum Gasteiger partial charge on any atom is 0.251 e. The first-order chi connectivity index (χ1) is 11.9. The summed E-state index contributed by atoms with van der Waals surface area (Å²) in [6.45, 7) is 7.89. The Labute approximate surface area is 149 Å². The van der Waals surface area contributed by atoms with Gasteiger partial charge in [0.05, 0.1) is 18.3 Å². The lowest BCUT2D eigenvalue weighted by atomic mass is 10.0. The van der Waals surface area contributed by atoms with Crippen molar-refractivity contribution in [3.05, 3.63) is 47.4 Å². The lowest BCUT2D eigenvalue weighted by molar-refractivity contribution is 0.0897. The number of aliphatic hydroxyl groups excluding tert-OH is 1. The Balaban J connectivity index is 2.18. The number of nitrogens with one attached hydrogen (secondary N) is 1. The number of hydrogen-bond donors (Lipinski definition) is 2. The van der Waals surface area contributed by atoms with Crippen molar-refractivity contribution < 1.29 is 9.90 Å². The molecule has 1 heterocycles. The third kappa shape index (κ3) is 5.10. The molecule has 1 atom stereocenters. The second-order valence-electron chi connectivity index (χ2n) is 6.63. The minimum atomic E-state index is -0.242. The summed E-state index contributed by atoms with van der Waals surface area (Å²) < 4.78 is 0. The Morgan fingerprint density at radius 1 is 1.20 bits per heavy atom. The van der Waals surface area contributed by atoms with Gasteiger partial charge in [-0.25, -0.2) is 9.97 Å². The largest absolute Gasteiger partial charge is 0.394 e. The quantitative estimate of drug-likeness (QED) is 0.811. The lowest BCUT2D eigenvalue weighted by Crippen LogP contribution is -2.41. The first-order valence-corrected chi connectivity index (χ1v) is 8.81. The SMILES string of the molecule is CCCc1cc(-c2ccc(C(=O)N[C@H](CO)C(C)C)cc2)nc(C)n1. The molecule has 1 aromatic heterocycles. The molecule has 2 rings (SSSR count). The van der Waals surface area contributed by atoms with Crippen LogP contribution in [0.1, 0.15) is 49.1 Å². The highest BCUT2D eigenvalue weighted by Gasteiger charge is 2.16. The summed E-state index contributed by atoms with van der Waals surface area (Å²) in [5.41, 5.74) is 3.44. The summed E-state index contributed by atoms with van der Waals surface area (Å²) in [6, 6.07) is 9.14. The second kappa shape index (κ2) is 8.72. The van der Waals surface area contributed by atoms with E-state index in [1.807, 2.05) is 39.0 Å². The summed E-state index contributed by atoms with van der Waals surface area (Å²) in [4.78, 5) is 21.3. The molecule has 0 radical (unpaired) electrons. The Kier molecular flexibility index (Phi) is 6.65. The number of nitrogens with zero attached hydrogens (tertiary/aromatic N) is 2. The van der Waals surface area contributed by atoms with Gasteiger partial charge < -0.3 is 10.4 Å². The van der Waals surface area contributed by atoms with Crippen molar-refractivity contribution >= 4 is 5.91 Å². The van der Waals surface area contributed by atoms with Crippen LogP contribution in [0, 0.1) is 12.8 Å². The van der Waals surface area contributed by atoms with Crippen molar-refractivity contribution in [1.29, 1.82) is 0 Å². The summed E-state index contributed by atoms with van der Waals surface area (Å²) in [6.07, 6.45) is 1.96. The molecule has 2 N–H and O–H groups in total. The van der Waals surface area contributed by atoms with Crippen molar-refractivity contribution in [1.82, 2.24) is 15.3 Å². The Morgan fingerprint density at radius 3 is 2.44 bits per heavy atom. The monoisotopic (exact) mass is 341 g/mol. The molecule has 2 aromatic rings. The first-order valence-electron chi connectivity index (χ1n) is 8.81. The van der Waals surface area contributed by atoms with Gasteiger partial charge in [-0.05, 0) is 37.5 Å². The first kappa shape index (κ1) is 19.1. The second-order valence-corrected chi connectivity index (χ2v) is 6.63. The summed E-state index contributed by atoms with van der Waals surface area (Å²) in [5.74, 6) is 0.754. The molecule has 1 aromatic carbocycles. The van der Waals surface area contributed by atoms with Gasteiger partial charge in [0, 0.05) is 16.8 Å². The van der Waals surface area contributed by atoms with Crippen LogP contribution in [0.3, 0.4) is 0 Å². The molecule has 25 heavy (non-hydrogen) atoms. The molecular weight excluding hydrogens is 314 g/mol. The topological polar surface area (TPSA) is 75.1 Å². The molecule has 0 aliphatic rings. The van der Waals surface area contributed by atoms with Crippen molar-refractivity contribution in [2.45, 2.75) is 46.6 Å². The average molecular weight is 341 g/mol. The van der Waals surface area contributed by atoms with E-state index >= 15 is 0 Å². The maximum atomic E-state index is 12.3. The summed E-state index contributed by atoms with van der Waals surface area (Å²) >= 11 is 0. The average Bonchev–Trinajstić information content (AvgIpc) is 2.59. The van der Waals surface area contributed by atoms with Gasteiger partial charge >= 0.3 is 0 Å². The fourth-order valence-electron chi connectivity index (χ4n) is 2.63. The number of aliphatic hydroxyl groups is 1. The van der Waals surface area contributed by atoms with Crippen LogP contribution in [0.5, 0.6) is 0 Å². The number of rotatable bonds is 7. The fourth-order valence-corrected chi connectivity index (χ4v) is 2.63. The zero-order chi connectivity index (χ0) is 18.4.